The van der Waals surface area contributed by atoms with E-state index in [1.54, 1.807) is 12.3 Å². The molecular weight excluding hydrogens is 257 g/mol. The quantitative estimate of drug-likeness (QED) is 0.787. The molecule has 5 heteroatoms. The van der Waals surface area contributed by atoms with E-state index in [0.717, 1.165) is 43.4 Å². The fourth-order valence-corrected chi connectivity index (χ4v) is 1.94. The van der Waals surface area contributed by atoms with Gasteiger partial charge in [0.15, 0.2) is 0 Å². The van der Waals surface area contributed by atoms with E-state index in [1.807, 2.05) is 24.6 Å². The Morgan fingerprint density at radius 3 is 3.05 bits per heavy atom. The van der Waals surface area contributed by atoms with Crippen LogP contribution >= 0.6 is 0 Å². The highest BCUT2D eigenvalue weighted by molar-refractivity contribution is 5.58. The predicted octanol–water partition coefficient (Wildman–Crippen LogP) is 3.50. The molecule has 0 unspecified atom stereocenters. The Bertz CT molecular complexity index is 554. The van der Waals surface area contributed by atoms with Crippen LogP contribution in [0.25, 0.3) is 0 Å². The smallest absolute Gasteiger partial charge is 0.207 e. The predicted molar refractivity (Wildman–Crippen MR) is 77.8 cm³/mol. The van der Waals surface area contributed by atoms with Gasteiger partial charge in [-0.2, -0.15) is 0 Å². The van der Waals surface area contributed by atoms with E-state index in [9.17, 15) is 4.39 Å². The Hall–Kier alpha value is -1.88. The molecule has 0 aliphatic rings. The summed E-state index contributed by atoms with van der Waals surface area (Å²) >= 11 is 0. The largest absolute Gasteiger partial charge is 0.382 e. The van der Waals surface area contributed by atoms with Crippen LogP contribution in [0, 0.1) is 12.7 Å². The summed E-state index contributed by atoms with van der Waals surface area (Å²) in [4.78, 5) is 4.27. The minimum absolute atomic E-state index is 0.257. The number of rotatable bonds is 7. The van der Waals surface area contributed by atoms with Crippen molar-refractivity contribution in [2.45, 2.75) is 26.8 Å². The lowest BCUT2D eigenvalue weighted by Gasteiger charge is -2.11. The zero-order valence-corrected chi connectivity index (χ0v) is 11.9. The van der Waals surface area contributed by atoms with E-state index >= 15 is 0 Å². The third kappa shape index (κ3) is 3.81. The number of benzene rings is 1. The van der Waals surface area contributed by atoms with E-state index < -0.39 is 0 Å². The van der Waals surface area contributed by atoms with Crippen molar-refractivity contribution < 1.29 is 9.13 Å². The molecule has 0 radical (unpaired) electrons. The summed E-state index contributed by atoms with van der Waals surface area (Å²) in [6.07, 6.45) is 4.56. The maximum atomic E-state index is 13.3. The minimum Gasteiger partial charge on any atom is -0.382 e. The first-order chi connectivity index (χ1) is 9.70. The number of anilines is 2. The molecule has 0 fully saturated rings. The van der Waals surface area contributed by atoms with Crippen LogP contribution in [0.5, 0.6) is 0 Å². The van der Waals surface area contributed by atoms with E-state index in [4.69, 9.17) is 4.74 Å². The average molecular weight is 277 g/mol. The lowest BCUT2D eigenvalue weighted by molar-refractivity contribution is 0.142. The molecule has 0 spiro atoms. The van der Waals surface area contributed by atoms with Gasteiger partial charge in [0.1, 0.15) is 5.82 Å². The first-order valence-corrected chi connectivity index (χ1v) is 6.82. The van der Waals surface area contributed by atoms with E-state index in [1.165, 1.54) is 12.1 Å². The summed E-state index contributed by atoms with van der Waals surface area (Å²) < 4.78 is 20.6. The summed E-state index contributed by atoms with van der Waals surface area (Å²) in [5.74, 6) is 0.461. The molecule has 0 aliphatic heterocycles. The van der Waals surface area contributed by atoms with Gasteiger partial charge < -0.3 is 14.6 Å². The molecule has 0 saturated heterocycles. The van der Waals surface area contributed by atoms with Crippen LogP contribution in [-0.4, -0.2) is 22.8 Å². The van der Waals surface area contributed by atoms with Crippen LogP contribution in [0.15, 0.2) is 30.6 Å². The molecule has 0 amide bonds. The summed E-state index contributed by atoms with van der Waals surface area (Å²) in [5, 5.41) is 3.17. The third-order valence-electron chi connectivity index (χ3n) is 3.05. The van der Waals surface area contributed by atoms with E-state index in [0.29, 0.717) is 0 Å². The summed E-state index contributed by atoms with van der Waals surface area (Å²) in [6.45, 7) is 6.20. The molecule has 1 aromatic carbocycles. The third-order valence-corrected chi connectivity index (χ3v) is 3.05. The molecular formula is C15H20FN3O. The number of imidazole rings is 1. The van der Waals surface area contributed by atoms with Crippen LogP contribution in [0.2, 0.25) is 0 Å². The topological polar surface area (TPSA) is 39.1 Å². The molecule has 0 bridgehead atoms. The molecule has 108 valence electrons. The second kappa shape index (κ2) is 7.05. The number of halogens is 1. The lowest BCUT2D eigenvalue weighted by Crippen LogP contribution is -2.06. The zero-order valence-electron chi connectivity index (χ0n) is 11.9. The Balaban J connectivity index is 2.02. The standard InChI is InChI=1S/C15H20FN3O/c1-3-20-10-4-8-19-9-7-17-15(19)18-14-11-13(16)6-5-12(14)2/h5-7,9,11H,3-4,8,10H2,1-2H3,(H,17,18). The number of hydrogen-bond acceptors (Lipinski definition) is 3. The molecule has 4 nitrogen and oxygen atoms in total. The van der Waals surface area contributed by atoms with Crippen molar-refractivity contribution in [3.8, 4) is 0 Å². The fraction of sp³-hybridized carbons (Fsp3) is 0.400. The molecule has 0 atom stereocenters. The van der Waals surface area contributed by atoms with E-state index in [-0.39, 0.29) is 5.82 Å². The van der Waals surface area contributed by atoms with Crippen LogP contribution in [-0.2, 0) is 11.3 Å². The molecule has 20 heavy (non-hydrogen) atoms. The molecule has 0 aliphatic carbocycles. The number of aryl methyl sites for hydroxylation is 2. The van der Waals surface area contributed by atoms with Gasteiger partial charge in [-0.25, -0.2) is 9.37 Å². The number of ether oxygens (including phenoxy) is 1. The lowest BCUT2D eigenvalue weighted by atomic mass is 10.2. The van der Waals surface area contributed by atoms with Gasteiger partial charge in [0.05, 0.1) is 0 Å². The number of hydrogen-bond donors (Lipinski definition) is 1. The Morgan fingerprint density at radius 1 is 1.40 bits per heavy atom. The van der Waals surface area contributed by atoms with Crippen LogP contribution < -0.4 is 5.32 Å². The van der Waals surface area contributed by atoms with Gasteiger partial charge in [-0.15, -0.1) is 0 Å². The Kier molecular flexibility index (Phi) is 5.12. The second-order valence-electron chi connectivity index (χ2n) is 4.58. The van der Waals surface area contributed by atoms with Crippen molar-refractivity contribution in [3.05, 3.63) is 42.0 Å². The molecule has 2 rings (SSSR count). The normalized spacial score (nSPS) is 10.8. The van der Waals surface area contributed by atoms with Gasteiger partial charge in [0.25, 0.3) is 0 Å². The highest BCUT2D eigenvalue weighted by Crippen LogP contribution is 2.20. The monoisotopic (exact) mass is 277 g/mol. The molecule has 2 aromatic rings. The van der Waals surface area contributed by atoms with Crippen molar-refractivity contribution in [2.24, 2.45) is 0 Å². The van der Waals surface area contributed by atoms with Gasteiger partial charge in [-0.1, -0.05) is 6.07 Å². The van der Waals surface area contributed by atoms with Crippen LogP contribution in [0.3, 0.4) is 0 Å². The SMILES string of the molecule is CCOCCCn1ccnc1Nc1cc(F)ccc1C. The summed E-state index contributed by atoms with van der Waals surface area (Å²) in [7, 11) is 0. The molecule has 1 heterocycles. The van der Waals surface area contributed by atoms with E-state index in [2.05, 4.69) is 10.3 Å². The average Bonchev–Trinajstić information content (AvgIpc) is 2.86. The van der Waals surface area contributed by atoms with Crippen molar-refractivity contribution in [2.75, 3.05) is 18.5 Å². The molecule has 1 aromatic heterocycles. The van der Waals surface area contributed by atoms with Crippen molar-refractivity contribution >= 4 is 11.6 Å². The highest BCUT2D eigenvalue weighted by Gasteiger charge is 2.06. The van der Waals surface area contributed by atoms with Crippen molar-refractivity contribution in [3.63, 3.8) is 0 Å². The zero-order chi connectivity index (χ0) is 14.4. The first-order valence-electron chi connectivity index (χ1n) is 6.82. The number of nitrogens with one attached hydrogen (secondary N) is 1. The highest BCUT2D eigenvalue weighted by atomic mass is 19.1. The van der Waals surface area contributed by atoms with Gasteiger partial charge in [0, 0.05) is 37.8 Å². The van der Waals surface area contributed by atoms with Gasteiger partial charge in [-0.05, 0) is 38.0 Å². The van der Waals surface area contributed by atoms with Crippen LogP contribution in [0.4, 0.5) is 16.0 Å². The second-order valence-corrected chi connectivity index (χ2v) is 4.58. The summed E-state index contributed by atoms with van der Waals surface area (Å²) in [5.41, 5.74) is 1.72. The van der Waals surface area contributed by atoms with Gasteiger partial charge in [-0.3, -0.25) is 0 Å². The number of nitrogens with zero attached hydrogens (tertiary/aromatic N) is 2. The fourth-order valence-electron chi connectivity index (χ4n) is 1.94. The van der Waals surface area contributed by atoms with Gasteiger partial charge in [0.2, 0.25) is 5.95 Å². The summed E-state index contributed by atoms with van der Waals surface area (Å²) in [6, 6.07) is 4.68. The van der Waals surface area contributed by atoms with Gasteiger partial charge >= 0.3 is 0 Å². The van der Waals surface area contributed by atoms with Crippen molar-refractivity contribution in [1.29, 1.82) is 0 Å². The molecule has 1 N–H and O–H groups in total. The minimum atomic E-state index is -0.257. The molecule has 0 saturated carbocycles. The maximum Gasteiger partial charge on any atom is 0.207 e. The Morgan fingerprint density at radius 2 is 2.25 bits per heavy atom. The van der Waals surface area contributed by atoms with Crippen LogP contribution in [0.1, 0.15) is 18.9 Å². The maximum absolute atomic E-state index is 13.3. The van der Waals surface area contributed by atoms with Crippen molar-refractivity contribution in [1.82, 2.24) is 9.55 Å². The Labute approximate surface area is 118 Å². The number of aromatic nitrogens is 2. The first kappa shape index (κ1) is 14.5.